The van der Waals surface area contributed by atoms with Crippen LogP contribution in [0.4, 0.5) is 0 Å². The van der Waals surface area contributed by atoms with Crippen LogP contribution in [0.1, 0.15) is 60.5 Å². The Morgan fingerprint density at radius 2 is 1.94 bits per heavy atom. The number of carbonyl (C=O) groups excluding carboxylic acids is 2. The number of carbonyl (C=O) groups is 2. The number of amides is 2. The highest BCUT2D eigenvalue weighted by Gasteiger charge is 2.61. The molecule has 1 aliphatic carbocycles. The highest BCUT2D eigenvalue weighted by molar-refractivity contribution is 7.11. The molecule has 190 valence electrons. The van der Waals surface area contributed by atoms with Crippen molar-refractivity contribution in [2.75, 3.05) is 26.2 Å². The number of hydrogen-bond donors (Lipinski definition) is 0. The Balaban J connectivity index is 1.26. The molecule has 13 heteroatoms. The molecule has 36 heavy (non-hydrogen) atoms. The summed E-state index contributed by atoms with van der Waals surface area (Å²) in [6.07, 6.45) is 2.51. The molecule has 0 radical (unpaired) electrons. The van der Waals surface area contributed by atoms with Gasteiger partial charge in [-0.25, -0.2) is 4.68 Å². The highest BCUT2D eigenvalue weighted by Crippen LogP contribution is 2.55. The molecule has 0 bridgehead atoms. The van der Waals surface area contributed by atoms with Crippen LogP contribution in [0.5, 0.6) is 0 Å². The lowest BCUT2D eigenvalue weighted by molar-refractivity contribution is -0.145. The number of thiazole rings is 1. The van der Waals surface area contributed by atoms with Crippen LogP contribution in [0.3, 0.4) is 0 Å². The van der Waals surface area contributed by atoms with Crippen LogP contribution in [-0.4, -0.2) is 72.7 Å². The van der Waals surface area contributed by atoms with Crippen LogP contribution in [0, 0.1) is 16.7 Å². The molecule has 10 nitrogen and oxygen atoms in total. The average molecular weight is 550 g/mol. The molecule has 2 saturated heterocycles. The van der Waals surface area contributed by atoms with Crippen molar-refractivity contribution in [1.29, 1.82) is 0 Å². The molecule has 1 saturated carbocycles. The van der Waals surface area contributed by atoms with Gasteiger partial charge in [-0.05, 0) is 18.8 Å². The molecular formula is C23H25Cl2N7O3S. The number of nitrogens with zero attached hydrogens (tertiary/aromatic N) is 7. The minimum absolute atomic E-state index is 0.0671. The second kappa shape index (κ2) is 8.26. The molecule has 5 heterocycles. The molecule has 1 spiro atoms. The molecule has 3 aliphatic rings. The largest absolute Gasteiger partial charge is 0.341 e. The third kappa shape index (κ3) is 3.83. The van der Waals surface area contributed by atoms with Gasteiger partial charge in [-0.1, -0.05) is 42.2 Å². The molecule has 3 atom stereocenters. The van der Waals surface area contributed by atoms with Gasteiger partial charge < -0.3 is 14.3 Å². The van der Waals surface area contributed by atoms with Gasteiger partial charge in [0.15, 0.2) is 11.0 Å². The van der Waals surface area contributed by atoms with Crippen LogP contribution in [0.25, 0.3) is 0 Å². The summed E-state index contributed by atoms with van der Waals surface area (Å²) < 4.78 is 7.14. The van der Waals surface area contributed by atoms with Gasteiger partial charge in [0.25, 0.3) is 11.8 Å². The summed E-state index contributed by atoms with van der Waals surface area (Å²) in [4.78, 5) is 39.3. The Hall–Kier alpha value is -2.50. The van der Waals surface area contributed by atoms with Gasteiger partial charge in [0.2, 0.25) is 5.91 Å². The zero-order chi connectivity index (χ0) is 25.4. The van der Waals surface area contributed by atoms with E-state index in [1.54, 1.807) is 17.8 Å². The van der Waals surface area contributed by atoms with Gasteiger partial charge in [0.05, 0.1) is 17.6 Å². The fraction of sp³-hybridized carbons (Fsp3) is 0.565. The van der Waals surface area contributed by atoms with Crippen LogP contribution < -0.4 is 0 Å². The standard InChI is InChI=1S/C23H25Cl2N7O3S/c1-12(32-17(25)4-16(24)28-32)19-27-18(29-35-19)14-7-30(21(34)15-6-26-11-36-15)8-23(14)9-31(10-23)20(33)13-5-22(13,2)3/h4,6,11-14H,5,7-10H2,1-3H3/t12?,13-,14?/m1/s1. The van der Waals surface area contributed by atoms with Gasteiger partial charge >= 0.3 is 0 Å². The minimum atomic E-state index is -0.421. The first-order chi connectivity index (χ1) is 17.1. The zero-order valence-corrected chi connectivity index (χ0v) is 22.3. The molecule has 6 rings (SSSR count). The number of halogens is 2. The molecule has 2 unspecified atom stereocenters. The molecule has 3 aromatic heterocycles. The summed E-state index contributed by atoms with van der Waals surface area (Å²) in [6.45, 7) is 8.19. The number of rotatable bonds is 5. The summed E-state index contributed by atoms with van der Waals surface area (Å²) in [7, 11) is 0. The predicted octanol–water partition coefficient (Wildman–Crippen LogP) is 3.75. The monoisotopic (exact) mass is 549 g/mol. The van der Waals surface area contributed by atoms with Crippen molar-refractivity contribution >= 4 is 46.4 Å². The maximum Gasteiger partial charge on any atom is 0.265 e. The lowest BCUT2D eigenvalue weighted by Gasteiger charge is -2.50. The Morgan fingerprint density at radius 3 is 2.56 bits per heavy atom. The fourth-order valence-corrected chi connectivity index (χ4v) is 6.65. The van der Waals surface area contributed by atoms with E-state index in [1.165, 1.54) is 16.0 Å². The molecular weight excluding hydrogens is 525 g/mol. The smallest absolute Gasteiger partial charge is 0.265 e. The van der Waals surface area contributed by atoms with E-state index in [0.29, 0.717) is 47.9 Å². The van der Waals surface area contributed by atoms with Crippen molar-refractivity contribution < 1.29 is 14.1 Å². The third-order valence-corrected chi connectivity index (χ3v) is 9.09. The molecule has 0 aromatic carbocycles. The second-order valence-electron chi connectivity index (χ2n) is 10.8. The van der Waals surface area contributed by atoms with Gasteiger partial charge in [-0.2, -0.15) is 10.1 Å². The average Bonchev–Trinajstić information content (AvgIpc) is 3.41. The first-order valence-corrected chi connectivity index (χ1v) is 13.4. The predicted molar refractivity (Wildman–Crippen MR) is 132 cm³/mol. The summed E-state index contributed by atoms with van der Waals surface area (Å²) in [6, 6.07) is 1.13. The van der Waals surface area contributed by atoms with Gasteiger partial charge in [-0.15, -0.1) is 11.3 Å². The van der Waals surface area contributed by atoms with Gasteiger partial charge in [0, 0.05) is 43.6 Å². The van der Waals surface area contributed by atoms with E-state index in [1.807, 2.05) is 16.7 Å². The van der Waals surface area contributed by atoms with E-state index in [9.17, 15) is 9.59 Å². The van der Waals surface area contributed by atoms with Crippen LogP contribution in [-0.2, 0) is 4.79 Å². The van der Waals surface area contributed by atoms with Gasteiger partial charge in [0.1, 0.15) is 16.1 Å². The summed E-state index contributed by atoms with van der Waals surface area (Å²) in [5.41, 5.74) is 1.39. The fourth-order valence-electron chi connectivity index (χ4n) is 5.53. The normalized spacial score (nSPS) is 24.7. The van der Waals surface area contributed by atoms with Crippen molar-refractivity contribution in [3.8, 4) is 0 Å². The van der Waals surface area contributed by atoms with Crippen molar-refractivity contribution in [3.63, 3.8) is 0 Å². The SMILES string of the molecule is CC(c1nc(C2CN(C(=O)c3cncs3)CC23CN(C(=O)[C@H]2CC2(C)C)C3)no1)n1nc(Cl)cc1Cl. The second-order valence-corrected chi connectivity index (χ2v) is 12.5. The molecule has 0 N–H and O–H groups in total. The van der Waals surface area contributed by atoms with Crippen LogP contribution in [0.15, 0.2) is 22.3 Å². The Bertz CT molecular complexity index is 1330. The van der Waals surface area contributed by atoms with E-state index in [-0.39, 0.29) is 39.6 Å². The number of aromatic nitrogens is 5. The third-order valence-electron chi connectivity index (χ3n) is 7.87. The van der Waals surface area contributed by atoms with Crippen LogP contribution in [0.2, 0.25) is 10.3 Å². The Morgan fingerprint density at radius 1 is 1.22 bits per heavy atom. The maximum absolute atomic E-state index is 13.2. The van der Waals surface area contributed by atoms with E-state index < -0.39 is 6.04 Å². The lowest BCUT2D eigenvalue weighted by Crippen LogP contribution is -2.62. The Labute approximate surface area is 221 Å². The van der Waals surface area contributed by atoms with E-state index in [4.69, 9.17) is 32.7 Å². The first-order valence-electron chi connectivity index (χ1n) is 11.8. The van der Waals surface area contributed by atoms with Crippen molar-refractivity contribution in [2.45, 2.75) is 39.2 Å². The highest BCUT2D eigenvalue weighted by atomic mass is 35.5. The van der Waals surface area contributed by atoms with Crippen LogP contribution >= 0.6 is 34.5 Å². The zero-order valence-electron chi connectivity index (χ0n) is 20.0. The summed E-state index contributed by atoms with van der Waals surface area (Å²) >= 11 is 13.5. The summed E-state index contributed by atoms with van der Waals surface area (Å²) in [5.74, 6) is 0.900. The topological polar surface area (TPSA) is 110 Å². The van der Waals surface area contributed by atoms with Gasteiger partial charge in [-0.3, -0.25) is 14.6 Å². The lowest BCUT2D eigenvalue weighted by atomic mass is 9.71. The minimum Gasteiger partial charge on any atom is -0.341 e. The molecule has 2 amide bonds. The summed E-state index contributed by atoms with van der Waals surface area (Å²) in [5, 5.41) is 9.14. The van der Waals surface area contributed by atoms with E-state index in [2.05, 4.69) is 29.1 Å². The van der Waals surface area contributed by atoms with Crippen molar-refractivity contribution in [1.82, 2.24) is 34.7 Å². The van der Waals surface area contributed by atoms with E-state index in [0.717, 1.165) is 6.42 Å². The van der Waals surface area contributed by atoms with Crippen molar-refractivity contribution in [2.24, 2.45) is 16.7 Å². The van der Waals surface area contributed by atoms with Crippen molar-refractivity contribution in [3.05, 3.63) is 44.7 Å². The molecule has 3 fully saturated rings. The Kier molecular flexibility index (Phi) is 5.47. The quantitative estimate of drug-likeness (QED) is 0.476. The van der Waals surface area contributed by atoms with E-state index >= 15 is 0 Å². The number of likely N-dealkylation sites (tertiary alicyclic amines) is 2. The first kappa shape index (κ1) is 23.9. The maximum atomic E-state index is 13.2. The molecule has 3 aromatic rings. The number of hydrogen-bond acceptors (Lipinski definition) is 8. The molecule has 2 aliphatic heterocycles.